The Morgan fingerprint density at radius 3 is 2.05 bits per heavy atom. The molecule has 1 saturated heterocycles. The monoisotopic (exact) mass is 280 g/mol. The molecule has 0 unspecified atom stereocenters. The highest BCUT2D eigenvalue weighted by Crippen LogP contribution is 2.32. The molecular weight excluding hydrogens is 260 g/mol. The Morgan fingerprint density at radius 2 is 1.65 bits per heavy atom. The van der Waals surface area contributed by atoms with E-state index in [4.69, 9.17) is 20.6 Å². The highest BCUT2D eigenvalue weighted by molar-refractivity contribution is 5.83. The zero-order chi connectivity index (χ0) is 14.8. The smallest absolute Gasteiger partial charge is 0.324 e. The number of ether oxygens (including phenoxy) is 2. The van der Waals surface area contributed by atoms with Crippen molar-refractivity contribution in [2.45, 2.75) is 19.8 Å². The zero-order valence-electron chi connectivity index (χ0n) is 12.0. The molecule has 1 fully saturated rings. The van der Waals surface area contributed by atoms with E-state index in [1.54, 1.807) is 0 Å². The molecule has 1 aliphatic rings. The van der Waals surface area contributed by atoms with Gasteiger partial charge in [-0.25, -0.2) is 0 Å². The van der Waals surface area contributed by atoms with Gasteiger partial charge in [0.1, 0.15) is 0 Å². The van der Waals surface area contributed by atoms with Crippen molar-refractivity contribution in [2.24, 2.45) is 11.1 Å². The van der Waals surface area contributed by atoms with Crippen molar-refractivity contribution < 1.29 is 9.47 Å². The molecule has 0 saturated carbocycles. The highest BCUT2D eigenvalue weighted by atomic mass is 16.5. The molecule has 2 heterocycles. The Bertz CT molecular complexity index is 476. The molecular formula is C12H20N6O2. The first-order valence-electron chi connectivity index (χ1n) is 6.42. The maximum Gasteiger partial charge on any atom is 0.324 e. The van der Waals surface area contributed by atoms with Gasteiger partial charge in [0, 0.05) is 18.5 Å². The summed E-state index contributed by atoms with van der Waals surface area (Å²) < 4.78 is 10.1. The van der Waals surface area contributed by atoms with Gasteiger partial charge in [0.15, 0.2) is 0 Å². The van der Waals surface area contributed by atoms with Crippen LogP contribution in [-0.2, 0) is 0 Å². The minimum atomic E-state index is -0.238. The second kappa shape index (κ2) is 5.48. The Labute approximate surface area is 117 Å². The van der Waals surface area contributed by atoms with Crippen molar-refractivity contribution in [1.82, 2.24) is 15.0 Å². The molecule has 0 atom stereocenters. The maximum atomic E-state index is 7.66. The average Bonchev–Trinajstić information content (AvgIpc) is 2.47. The molecule has 20 heavy (non-hydrogen) atoms. The van der Waals surface area contributed by atoms with Gasteiger partial charge < -0.3 is 20.1 Å². The van der Waals surface area contributed by atoms with Gasteiger partial charge in [0.25, 0.3) is 0 Å². The van der Waals surface area contributed by atoms with E-state index in [9.17, 15) is 0 Å². The lowest BCUT2D eigenvalue weighted by Crippen LogP contribution is -2.45. The van der Waals surface area contributed by atoms with Gasteiger partial charge in [-0.1, -0.05) is 6.92 Å². The molecule has 1 aromatic heterocycles. The van der Waals surface area contributed by atoms with Gasteiger partial charge in [0.2, 0.25) is 5.95 Å². The lowest BCUT2D eigenvalue weighted by atomic mass is 9.79. The Morgan fingerprint density at radius 1 is 1.15 bits per heavy atom. The number of piperidine rings is 1. The molecule has 3 N–H and O–H groups in total. The number of amidine groups is 1. The summed E-state index contributed by atoms with van der Waals surface area (Å²) in [7, 11) is 3.00. The molecule has 0 amide bonds. The van der Waals surface area contributed by atoms with Crippen molar-refractivity contribution in [1.29, 1.82) is 5.41 Å². The van der Waals surface area contributed by atoms with E-state index in [0.717, 1.165) is 25.9 Å². The van der Waals surface area contributed by atoms with Crippen LogP contribution in [0, 0.1) is 10.8 Å². The van der Waals surface area contributed by atoms with Crippen molar-refractivity contribution in [2.75, 3.05) is 32.2 Å². The number of hydrogen-bond donors (Lipinski definition) is 2. The molecule has 0 aliphatic carbocycles. The van der Waals surface area contributed by atoms with Crippen LogP contribution in [0.4, 0.5) is 5.95 Å². The van der Waals surface area contributed by atoms with Crippen molar-refractivity contribution in [3.05, 3.63) is 0 Å². The molecule has 0 bridgehead atoms. The van der Waals surface area contributed by atoms with Crippen molar-refractivity contribution >= 4 is 11.8 Å². The van der Waals surface area contributed by atoms with Crippen molar-refractivity contribution in [3.63, 3.8) is 0 Å². The third-order valence-corrected chi connectivity index (χ3v) is 3.75. The van der Waals surface area contributed by atoms with Crippen LogP contribution in [0.1, 0.15) is 19.8 Å². The summed E-state index contributed by atoms with van der Waals surface area (Å²) in [5, 5.41) is 7.66. The lowest BCUT2D eigenvalue weighted by molar-refractivity contribution is 0.330. The first-order chi connectivity index (χ1) is 9.48. The van der Waals surface area contributed by atoms with Crippen molar-refractivity contribution in [3.8, 4) is 12.0 Å². The Balaban J connectivity index is 2.16. The number of anilines is 1. The summed E-state index contributed by atoms with van der Waals surface area (Å²) in [4.78, 5) is 14.5. The average molecular weight is 280 g/mol. The van der Waals surface area contributed by atoms with Crippen LogP contribution in [0.3, 0.4) is 0 Å². The molecule has 8 heteroatoms. The fourth-order valence-corrected chi connectivity index (χ4v) is 2.12. The topological polar surface area (TPSA) is 110 Å². The van der Waals surface area contributed by atoms with Gasteiger partial charge in [-0.05, 0) is 12.8 Å². The minimum absolute atomic E-state index is 0.228. The Kier molecular flexibility index (Phi) is 3.91. The first-order valence-corrected chi connectivity index (χ1v) is 6.42. The predicted molar refractivity (Wildman–Crippen MR) is 74.4 cm³/mol. The quantitative estimate of drug-likeness (QED) is 0.607. The molecule has 0 radical (unpaired) electrons. The summed E-state index contributed by atoms with van der Waals surface area (Å²) >= 11 is 0. The van der Waals surface area contributed by atoms with Crippen LogP contribution in [-0.4, -0.2) is 48.1 Å². The summed E-state index contributed by atoms with van der Waals surface area (Å²) in [6.45, 7) is 3.47. The van der Waals surface area contributed by atoms with E-state index < -0.39 is 0 Å². The number of nitrogens with one attached hydrogen (secondary N) is 1. The summed E-state index contributed by atoms with van der Waals surface area (Å²) in [5.41, 5.74) is 5.42. The van der Waals surface area contributed by atoms with Crippen LogP contribution in [0.15, 0.2) is 0 Å². The second-order valence-electron chi connectivity index (χ2n) is 5.07. The summed E-state index contributed by atoms with van der Waals surface area (Å²) in [6.07, 6.45) is 1.58. The van der Waals surface area contributed by atoms with E-state index in [1.165, 1.54) is 14.2 Å². The number of nitrogens with two attached hydrogens (primary N) is 1. The number of aromatic nitrogens is 3. The summed E-state index contributed by atoms with van der Waals surface area (Å²) in [6, 6.07) is 0.457. The van der Waals surface area contributed by atoms with E-state index in [-0.39, 0.29) is 23.3 Å². The summed E-state index contributed by atoms with van der Waals surface area (Å²) in [5.74, 6) is 0.766. The molecule has 110 valence electrons. The molecule has 1 aliphatic heterocycles. The van der Waals surface area contributed by atoms with E-state index in [1.807, 2.05) is 11.8 Å². The highest BCUT2D eigenvalue weighted by Gasteiger charge is 2.34. The standard InChI is InChI=1S/C12H20N6O2/c1-12(8(13)14)4-6-18(7-5-12)9-15-10(19-2)17-11(16-9)20-3/h4-7H2,1-3H3,(H3,13,14). The van der Waals surface area contributed by atoms with Gasteiger partial charge in [-0.3, -0.25) is 5.41 Å². The third kappa shape index (κ3) is 2.73. The van der Waals surface area contributed by atoms with Gasteiger partial charge in [0.05, 0.1) is 20.1 Å². The predicted octanol–water partition coefficient (Wildman–Crippen LogP) is 0.431. The van der Waals surface area contributed by atoms with Gasteiger partial charge in [-0.2, -0.15) is 9.97 Å². The SMILES string of the molecule is COc1nc(OC)nc(N2CCC(C)(C(=N)N)CC2)n1. The van der Waals surface area contributed by atoms with Crippen LogP contribution >= 0.6 is 0 Å². The molecule has 0 aromatic carbocycles. The van der Waals surface area contributed by atoms with Crippen LogP contribution in [0.25, 0.3) is 0 Å². The number of methoxy groups -OCH3 is 2. The largest absolute Gasteiger partial charge is 0.467 e. The van der Waals surface area contributed by atoms with Gasteiger partial charge in [-0.15, -0.1) is 4.98 Å². The van der Waals surface area contributed by atoms with Crippen LogP contribution in [0.5, 0.6) is 12.0 Å². The molecule has 2 rings (SSSR count). The van der Waals surface area contributed by atoms with E-state index in [2.05, 4.69) is 15.0 Å². The fraction of sp³-hybridized carbons (Fsp3) is 0.667. The third-order valence-electron chi connectivity index (χ3n) is 3.75. The first kappa shape index (κ1) is 14.3. The van der Waals surface area contributed by atoms with E-state index in [0.29, 0.717) is 5.95 Å². The Hall–Kier alpha value is -2.12. The number of nitrogens with zero attached hydrogens (tertiary/aromatic N) is 4. The normalized spacial score (nSPS) is 17.6. The van der Waals surface area contributed by atoms with Crippen LogP contribution < -0.4 is 20.1 Å². The minimum Gasteiger partial charge on any atom is -0.467 e. The molecule has 0 spiro atoms. The second-order valence-corrected chi connectivity index (χ2v) is 5.07. The molecule has 8 nitrogen and oxygen atoms in total. The number of rotatable bonds is 4. The fourth-order valence-electron chi connectivity index (χ4n) is 2.12. The maximum absolute atomic E-state index is 7.66. The number of hydrogen-bond acceptors (Lipinski definition) is 7. The van der Waals surface area contributed by atoms with Gasteiger partial charge >= 0.3 is 12.0 Å². The molecule has 1 aromatic rings. The van der Waals surface area contributed by atoms with Crippen LogP contribution in [0.2, 0.25) is 0 Å². The zero-order valence-corrected chi connectivity index (χ0v) is 12.0. The van der Waals surface area contributed by atoms with E-state index >= 15 is 0 Å². The lowest BCUT2D eigenvalue weighted by Gasteiger charge is -2.38.